The van der Waals surface area contributed by atoms with Gasteiger partial charge < -0.3 is 10.2 Å². The third-order valence-corrected chi connectivity index (χ3v) is 6.69. The van der Waals surface area contributed by atoms with E-state index in [4.69, 9.17) is 34.8 Å². The minimum atomic E-state index is -3.88. The fraction of sp³-hybridized carbons (Fsp3) is 0.333. The smallest absolute Gasteiger partial charge is 0.244 e. The first-order valence-electron chi connectivity index (χ1n) is 9.66. The molecule has 2 rings (SSSR count). The molecule has 0 spiro atoms. The number of benzene rings is 2. The van der Waals surface area contributed by atoms with Gasteiger partial charge in [0.15, 0.2) is 0 Å². The van der Waals surface area contributed by atoms with Crippen LogP contribution >= 0.6 is 34.8 Å². The van der Waals surface area contributed by atoms with E-state index in [0.29, 0.717) is 17.0 Å². The lowest BCUT2D eigenvalue weighted by Crippen LogP contribution is -2.51. The molecule has 0 saturated heterocycles. The first-order valence-corrected chi connectivity index (χ1v) is 12.6. The summed E-state index contributed by atoms with van der Waals surface area (Å²) in [5.74, 6) is -0.952. The van der Waals surface area contributed by atoms with Crippen molar-refractivity contribution in [1.82, 2.24) is 10.2 Å². The van der Waals surface area contributed by atoms with E-state index in [1.807, 2.05) is 0 Å². The van der Waals surface area contributed by atoms with Gasteiger partial charge in [-0.15, -0.1) is 0 Å². The van der Waals surface area contributed by atoms with Crippen molar-refractivity contribution in [2.24, 2.45) is 0 Å². The van der Waals surface area contributed by atoms with Crippen LogP contribution in [0.4, 0.5) is 5.69 Å². The Hall–Kier alpha value is -2.00. The third kappa shape index (κ3) is 6.75. The maximum absolute atomic E-state index is 13.4. The molecule has 0 bridgehead atoms. The Kier molecular flexibility index (Phi) is 9.21. The van der Waals surface area contributed by atoms with E-state index in [2.05, 4.69) is 5.32 Å². The molecule has 0 fully saturated rings. The molecule has 2 aromatic carbocycles. The van der Waals surface area contributed by atoms with Gasteiger partial charge in [-0.1, -0.05) is 59.9 Å². The number of nitrogens with zero attached hydrogens (tertiary/aromatic N) is 2. The molecule has 0 aliphatic rings. The fourth-order valence-corrected chi connectivity index (χ4v) is 4.74. The number of rotatable bonds is 9. The van der Waals surface area contributed by atoms with E-state index in [9.17, 15) is 18.0 Å². The number of likely N-dealkylation sites (N-methyl/N-ethyl adjacent to an activating group) is 1. The van der Waals surface area contributed by atoms with Gasteiger partial charge >= 0.3 is 0 Å². The highest BCUT2D eigenvalue weighted by molar-refractivity contribution is 7.92. The summed E-state index contributed by atoms with van der Waals surface area (Å²) in [4.78, 5) is 27.2. The van der Waals surface area contributed by atoms with E-state index >= 15 is 0 Å². The third-order valence-electron chi connectivity index (χ3n) is 4.75. The summed E-state index contributed by atoms with van der Waals surface area (Å²) >= 11 is 18.3. The first kappa shape index (κ1) is 26.3. The van der Waals surface area contributed by atoms with Crippen LogP contribution in [0.5, 0.6) is 0 Å². The monoisotopic (exact) mass is 519 g/mol. The van der Waals surface area contributed by atoms with Gasteiger partial charge in [-0.3, -0.25) is 13.9 Å². The molecule has 7 nitrogen and oxygen atoms in total. The predicted molar refractivity (Wildman–Crippen MR) is 129 cm³/mol. The van der Waals surface area contributed by atoms with Gasteiger partial charge in [-0.2, -0.15) is 0 Å². The summed E-state index contributed by atoms with van der Waals surface area (Å²) in [6.45, 7) is 1.24. The zero-order valence-corrected chi connectivity index (χ0v) is 20.9. The largest absolute Gasteiger partial charge is 0.357 e. The van der Waals surface area contributed by atoms with E-state index in [1.165, 1.54) is 30.1 Å². The topological polar surface area (TPSA) is 86.8 Å². The van der Waals surface area contributed by atoms with Crippen LogP contribution in [-0.2, 0) is 26.2 Å². The highest BCUT2D eigenvalue weighted by Gasteiger charge is 2.31. The highest BCUT2D eigenvalue weighted by atomic mass is 35.5. The molecule has 0 aromatic heterocycles. The number of hydrogen-bond donors (Lipinski definition) is 1. The van der Waals surface area contributed by atoms with Crippen LogP contribution < -0.4 is 9.62 Å². The maximum Gasteiger partial charge on any atom is 0.244 e. The molecule has 0 heterocycles. The Morgan fingerprint density at radius 2 is 1.66 bits per heavy atom. The predicted octanol–water partition coefficient (Wildman–Crippen LogP) is 3.97. The van der Waals surface area contributed by atoms with Crippen LogP contribution in [0.1, 0.15) is 18.9 Å². The molecular formula is C21H24Cl3N3O4S. The molecule has 2 amide bonds. The number of carbonyl (C=O) groups is 2. The normalized spacial score (nSPS) is 12.2. The minimum absolute atomic E-state index is 0.0261. The Bertz CT molecular complexity index is 1080. The molecule has 0 radical (unpaired) electrons. The summed E-state index contributed by atoms with van der Waals surface area (Å²) in [6, 6.07) is 10.4. The van der Waals surface area contributed by atoms with E-state index in [0.717, 1.165) is 10.6 Å². The van der Waals surface area contributed by atoms with Crippen LogP contribution in [-0.4, -0.2) is 51.0 Å². The average Bonchev–Trinajstić information content (AvgIpc) is 2.71. The number of amides is 2. The number of carbonyl (C=O) groups excluding carboxylic acids is 2. The number of anilines is 1. The second kappa shape index (κ2) is 11.2. The van der Waals surface area contributed by atoms with Gasteiger partial charge in [-0.05, 0) is 36.2 Å². The van der Waals surface area contributed by atoms with Crippen molar-refractivity contribution in [3.05, 3.63) is 63.1 Å². The van der Waals surface area contributed by atoms with Crippen molar-refractivity contribution in [3.63, 3.8) is 0 Å². The lowest BCUT2D eigenvalue weighted by molar-refractivity contribution is -0.140. The summed E-state index contributed by atoms with van der Waals surface area (Å²) in [6.07, 6.45) is 1.29. The fourth-order valence-electron chi connectivity index (χ4n) is 3.19. The molecule has 174 valence electrons. The standard InChI is InChI=1S/C21H24Cl3N3O4S/c1-4-19(21(29)25-2)26(12-14-7-5-6-8-18(14)24)20(28)13-27(32(3,30)31)17-10-15(22)9-16(23)11-17/h5-11,19H,4,12-13H2,1-3H3,(H,25,29)/t19-/m0/s1. The van der Waals surface area contributed by atoms with Gasteiger partial charge in [0.25, 0.3) is 0 Å². The maximum atomic E-state index is 13.4. The van der Waals surface area contributed by atoms with Crippen LogP contribution in [0.3, 0.4) is 0 Å². The lowest BCUT2D eigenvalue weighted by Gasteiger charge is -2.32. The number of nitrogens with one attached hydrogen (secondary N) is 1. The van der Waals surface area contributed by atoms with Crippen molar-refractivity contribution >= 4 is 62.3 Å². The minimum Gasteiger partial charge on any atom is -0.357 e. The lowest BCUT2D eigenvalue weighted by atomic mass is 10.1. The number of hydrogen-bond acceptors (Lipinski definition) is 4. The second-order valence-electron chi connectivity index (χ2n) is 7.05. The van der Waals surface area contributed by atoms with Gasteiger partial charge in [0.05, 0.1) is 11.9 Å². The molecule has 1 atom stereocenters. The van der Waals surface area contributed by atoms with Crippen LogP contribution in [0.2, 0.25) is 15.1 Å². The number of sulfonamides is 1. The molecule has 1 N–H and O–H groups in total. The van der Waals surface area contributed by atoms with E-state index in [-0.39, 0.29) is 28.2 Å². The van der Waals surface area contributed by atoms with Crippen molar-refractivity contribution in [3.8, 4) is 0 Å². The van der Waals surface area contributed by atoms with Gasteiger partial charge in [0.2, 0.25) is 21.8 Å². The Balaban J connectivity index is 2.48. The average molecular weight is 521 g/mol. The van der Waals surface area contributed by atoms with Crippen LogP contribution in [0, 0.1) is 0 Å². The Labute approximate surface area is 203 Å². The second-order valence-corrected chi connectivity index (χ2v) is 10.2. The van der Waals surface area contributed by atoms with Crippen molar-refractivity contribution in [2.75, 3.05) is 24.2 Å². The van der Waals surface area contributed by atoms with Crippen molar-refractivity contribution in [2.45, 2.75) is 25.9 Å². The van der Waals surface area contributed by atoms with Crippen molar-refractivity contribution in [1.29, 1.82) is 0 Å². The summed E-state index contributed by atoms with van der Waals surface area (Å²) in [5.41, 5.74) is 0.769. The van der Waals surface area contributed by atoms with Gasteiger partial charge in [0, 0.05) is 28.7 Å². The summed E-state index contributed by atoms with van der Waals surface area (Å²) in [5, 5.41) is 3.42. The molecular weight excluding hydrogens is 497 g/mol. The summed E-state index contributed by atoms with van der Waals surface area (Å²) < 4.78 is 26.0. The molecule has 2 aromatic rings. The SMILES string of the molecule is CC[C@@H](C(=O)NC)N(Cc1ccccc1Cl)C(=O)CN(c1cc(Cl)cc(Cl)c1)S(C)(=O)=O. The quantitative estimate of drug-likeness (QED) is 0.542. The molecule has 0 aliphatic heterocycles. The van der Waals surface area contributed by atoms with Crippen molar-refractivity contribution < 1.29 is 18.0 Å². The summed E-state index contributed by atoms with van der Waals surface area (Å²) in [7, 11) is -2.41. The Morgan fingerprint density at radius 1 is 1.06 bits per heavy atom. The first-order chi connectivity index (χ1) is 15.0. The van der Waals surface area contributed by atoms with Gasteiger partial charge in [0.1, 0.15) is 12.6 Å². The van der Waals surface area contributed by atoms with E-state index < -0.39 is 28.5 Å². The highest BCUT2D eigenvalue weighted by Crippen LogP contribution is 2.28. The van der Waals surface area contributed by atoms with Gasteiger partial charge in [-0.25, -0.2) is 8.42 Å². The zero-order chi connectivity index (χ0) is 24.1. The number of halogens is 3. The van der Waals surface area contributed by atoms with Crippen LogP contribution in [0.15, 0.2) is 42.5 Å². The van der Waals surface area contributed by atoms with Crippen LogP contribution in [0.25, 0.3) is 0 Å². The molecule has 0 unspecified atom stereocenters. The van der Waals surface area contributed by atoms with E-state index in [1.54, 1.807) is 31.2 Å². The molecule has 0 aliphatic carbocycles. The molecule has 32 heavy (non-hydrogen) atoms. The zero-order valence-electron chi connectivity index (χ0n) is 17.8. The Morgan fingerprint density at radius 3 is 2.16 bits per heavy atom. The molecule has 11 heteroatoms. The molecule has 0 saturated carbocycles.